The van der Waals surface area contributed by atoms with Gasteiger partial charge in [-0.3, -0.25) is 0 Å². The van der Waals surface area contributed by atoms with Crippen LogP contribution in [0.25, 0.3) is 0 Å². The summed E-state index contributed by atoms with van der Waals surface area (Å²) in [6.45, 7) is 1.51. The molecule has 1 N–H and O–H groups in total. The van der Waals surface area contributed by atoms with Crippen LogP contribution >= 0.6 is 0 Å². The molecule has 0 unspecified atom stereocenters. The third kappa shape index (κ3) is 2.04. The summed E-state index contributed by atoms with van der Waals surface area (Å²) in [6.07, 6.45) is 5.36. The van der Waals surface area contributed by atoms with E-state index >= 15 is 0 Å². The number of nitrogens with one attached hydrogen (secondary N) is 1. The van der Waals surface area contributed by atoms with Crippen LogP contribution in [0.15, 0.2) is 18.9 Å². The molecule has 0 bridgehead atoms. The Morgan fingerprint density at radius 3 is 2.93 bits per heavy atom. The van der Waals surface area contributed by atoms with Gasteiger partial charge in [0, 0.05) is 19.8 Å². The van der Waals surface area contributed by atoms with Crippen LogP contribution in [0.4, 0.5) is 0 Å². The van der Waals surface area contributed by atoms with Crippen LogP contribution in [0, 0.1) is 0 Å². The Bertz CT molecular complexity index is 429. The van der Waals surface area contributed by atoms with Crippen LogP contribution < -0.4 is 5.32 Å². The second kappa shape index (κ2) is 4.22. The van der Waals surface area contributed by atoms with Crippen LogP contribution in [0.5, 0.6) is 0 Å². The zero-order valence-corrected chi connectivity index (χ0v) is 8.88. The molecule has 0 atom stereocenters. The lowest BCUT2D eigenvalue weighted by Gasteiger charge is -2.06. The van der Waals surface area contributed by atoms with Gasteiger partial charge in [0.2, 0.25) is 0 Å². The van der Waals surface area contributed by atoms with E-state index < -0.39 is 0 Å². The number of aryl methyl sites for hydroxylation is 1. The molecule has 6 heteroatoms. The molecule has 0 aliphatic carbocycles. The fourth-order valence-electron chi connectivity index (χ4n) is 1.42. The van der Waals surface area contributed by atoms with Gasteiger partial charge in [-0.05, 0) is 7.05 Å². The molecule has 2 aromatic rings. The highest BCUT2D eigenvalue weighted by Gasteiger charge is 2.05. The first-order valence-corrected chi connectivity index (χ1v) is 4.77. The summed E-state index contributed by atoms with van der Waals surface area (Å²) in [4.78, 5) is 4.12. The normalized spacial score (nSPS) is 10.8. The Kier molecular flexibility index (Phi) is 2.77. The predicted molar refractivity (Wildman–Crippen MR) is 55.1 cm³/mol. The lowest BCUT2D eigenvalue weighted by Crippen LogP contribution is -2.13. The largest absolute Gasteiger partial charge is 0.326 e. The molecule has 0 amide bonds. The van der Waals surface area contributed by atoms with Crippen LogP contribution in [0.1, 0.15) is 11.5 Å². The van der Waals surface area contributed by atoms with Crippen molar-refractivity contribution in [2.24, 2.45) is 7.05 Å². The highest BCUT2D eigenvalue weighted by Crippen LogP contribution is 2.02. The smallest absolute Gasteiger partial charge is 0.152 e. The minimum atomic E-state index is 0.702. The maximum Gasteiger partial charge on any atom is 0.152 e. The fourth-order valence-corrected chi connectivity index (χ4v) is 1.42. The Morgan fingerprint density at radius 1 is 1.40 bits per heavy atom. The topological polar surface area (TPSA) is 60.6 Å². The first-order chi connectivity index (χ1) is 7.31. The second-order valence-electron chi connectivity index (χ2n) is 3.40. The van der Waals surface area contributed by atoms with Crippen molar-refractivity contribution in [3.05, 3.63) is 30.4 Å². The van der Waals surface area contributed by atoms with Crippen molar-refractivity contribution < 1.29 is 0 Å². The zero-order valence-electron chi connectivity index (χ0n) is 8.88. The average Bonchev–Trinajstić information content (AvgIpc) is 2.80. The summed E-state index contributed by atoms with van der Waals surface area (Å²) >= 11 is 0. The van der Waals surface area contributed by atoms with Crippen molar-refractivity contribution in [2.75, 3.05) is 7.05 Å². The number of aromatic nitrogens is 5. The lowest BCUT2D eigenvalue weighted by atomic mass is 10.4. The minimum Gasteiger partial charge on any atom is -0.326 e. The summed E-state index contributed by atoms with van der Waals surface area (Å²) in [5.74, 6) is 0.922. The van der Waals surface area contributed by atoms with E-state index in [2.05, 4.69) is 25.1 Å². The van der Waals surface area contributed by atoms with E-state index in [9.17, 15) is 0 Å². The summed E-state index contributed by atoms with van der Waals surface area (Å²) in [5, 5.41) is 11.0. The molecular formula is C9H14N6. The molecule has 80 valence electrons. The first kappa shape index (κ1) is 9.85. The van der Waals surface area contributed by atoms with Crippen molar-refractivity contribution >= 4 is 0 Å². The third-order valence-corrected chi connectivity index (χ3v) is 2.27. The van der Waals surface area contributed by atoms with E-state index in [0.717, 1.165) is 18.1 Å². The zero-order chi connectivity index (χ0) is 10.7. The molecule has 2 rings (SSSR count). The molecule has 6 nitrogen and oxygen atoms in total. The number of nitrogens with zero attached hydrogens (tertiary/aromatic N) is 5. The number of rotatable bonds is 4. The molecule has 15 heavy (non-hydrogen) atoms. The lowest BCUT2D eigenvalue weighted by molar-refractivity contribution is 0.648. The van der Waals surface area contributed by atoms with E-state index in [1.54, 1.807) is 12.7 Å². The van der Waals surface area contributed by atoms with Crippen LogP contribution in [-0.4, -0.2) is 31.4 Å². The quantitative estimate of drug-likeness (QED) is 0.751. The van der Waals surface area contributed by atoms with E-state index in [-0.39, 0.29) is 0 Å². The maximum atomic E-state index is 4.12. The van der Waals surface area contributed by atoms with Crippen LogP contribution in [0.3, 0.4) is 0 Å². The van der Waals surface area contributed by atoms with Crippen molar-refractivity contribution in [3.8, 4) is 0 Å². The van der Waals surface area contributed by atoms with E-state index in [1.165, 1.54) is 0 Å². The molecular weight excluding hydrogens is 192 g/mol. The number of hydrogen-bond donors (Lipinski definition) is 1. The minimum absolute atomic E-state index is 0.702. The molecule has 2 heterocycles. The van der Waals surface area contributed by atoms with Crippen molar-refractivity contribution in [3.63, 3.8) is 0 Å². The Labute approximate surface area is 88.0 Å². The van der Waals surface area contributed by atoms with Gasteiger partial charge in [-0.1, -0.05) is 0 Å². The average molecular weight is 206 g/mol. The highest BCUT2D eigenvalue weighted by molar-refractivity contribution is 5.00. The standard InChI is InChI=1S/C9H14N6/c1-10-3-8-4-11-6-15(8)5-9-13-12-7-14(9)2/h4,6-7,10H,3,5H2,1-2H3. The summed E-state index contributed by atoms with van der Waals surface area (Å²) in [6, 6.07) is 0. The van der Waals surface area contributed by atoms with Crippen molar-refractivity contribution in [1.82, 2.24) is 29.6 Å². The van der Waals surface area contributed by atoms with Gasteiger partial charge in [-0.15, -0.1) is 10.2 Å². The summed E-state index contributed by atoms with van der Waals surface area (Å²) in [5.41, 5.74) is 1.14. The Morgan fingerprint density at radius 2 is 2.27 bits per heavy atom. The van der Waals surface area contributed by atoms with E-state index in [0.29, 0.717) is 6.54 Å². The predicted octanol–water partition coefficient (Wildman–Crippen LogP) is -0.221. The summed E-state index contributed by atoms with van der Waals surface area (Å²) < 4.78 is 3.96. The summed E-state index contributed by atoms with van der Waals surface area (Å²) in [7, 11) is 3.85. The van der Waals surface area contributed by atoms with Gasteiger partial charge in [0.1, 0.15) is 6.33 Å². The van der Waals surface area contributed by atoms with Crippen molar-refractivity contribution in [1.29, 1.82) is 0 Å². The van der Waals surface area contributed by atoms with Gasteiger partial charge in [-0.2, -0.15) is 0 Å². The van der Waals surface area contributed by atoms with Gasteiger partial charge in [-0.25, -0.2) is 4.98 Å². The maximum absolute atomic E-state index is 4.12. The molecule has 0 fully saturated rings. The monoisotopic (exact) mass is 206 g/mol. The van der Waals surface area contributed by atoms with Gasteiger partial charge in [0.15, 0.2) is 5.82 Å². The van der Waals surface area contributed by atoms with Gasteiger partial charge in [0.05, 0.1) is 18.6 Å². The SMILES string of the molecule is CNCc1cncn1Cc1nncn1C. The van der Waals surface area contributed by atoms with Gasteiger partial charge in [0.25, 0.3) is 0 Å². The van der Waals surface area contributed by atoms with E-state index in [4.69, 9.17) is 0 Å². The molecule has 0 aliphatic rings. The van der Waals surface area contributed by atoms with Crippen LogP contribution in [0.2, 0.25) is 0 Å². The van der Waals surface area contributed by atoms with Gasteiger partial charge >= 0.3 is 0 Å². The Balaban J connectivity index is 2.17. The van der Waals surface area contributed by atoms with Crippen molar-refractivity contribution in [2.45, 2.75) is 13.1 Å². The molecule has 0 spiro atoms. The number of imidazole rings is 1. The Hall–Kier alpha value is -1.69. The third-order valence-electron chi connectivity index (χ3n) is 2.27. The van der Waals surface area contributed by atoms with Gasteiger partial charge < -0.3 is 14.5 Å². The molecule has 0 aromatic carbocycles. The van der Waals surface area contributed by atoms with Crippen LogP contribution in [-0.2, 0) is 20.1 Å². The molecule has 0 aliphatic heterocycles. The molecule has 0 radical (unpaired) electrons. The molecule has 2 aromatic heterocycles. The molecule has 0 saturated carbocycles. The first-order valence-electron chi connectivity index (χ1n) is 4.77. The fraction of sp³-hybridized carbons (Fsp3) is 0.444. The molecule has 0 saturated heterocycles. The number of hydrogen-bond acceptors (Lipinski definition) is 4. The second-order valence-corrected chi connectivity index (χ2v) is 3.40. The van der Waals surface area contributed by atoms with E-state index in [1.807, 2.05) is 24.9 Å². The highest BCUT2D eigenvalue weighted by atomic mass is 15.3.